The lowest BCUT2D eigenvalue weighted by Gasteiger charge is -2.28. The maximum atomic E-state index is 13.7. The van der Waals surface area contributed by atoms with Gasteiger partial charge in [-0.3, -0.25) is 4.79 Å². The normalized spacial score (nSPS) is 12.2. The van der Waals surface area contributed by atoms with Gasteiger partial charge in [0.1, 0.15) is 0 Å². The molecule has 142 valence electrons. The highest BCUT2D eigenvalue weighted by Gasteiger charge is 2.63. The Kier molecular flexibility index (Phi) is 6.79. The van der Waals surface area contributed by atoms with E-state index in [1.807, 2.05) is 13.8 Å². The molecule has 1 aromatic rings. The van der Waals surface area contributed by atoms with Crippen LogP contribution in [0.2, 0.25) is 0 Å². The number of carbonyl (C=O) groups excluding carboxylic acids is 1. The van der Waals surface area contributed by atoms with Crippen molar-refractivity contribution in [1.82, 2.24) is 0 Å². The van der Waals surface area contributed by atoms with Gasteiger partial charge < -0.3 is 9.80 Å². The maximum absolute atomic E-state index is 13.7. The van der Waals surface area contributed by atoms with Gasteiger partial charge in [-0.05, 0) is 45.9 Å². The molecule has 0 aliphatic rings. The Bertz CT molecular complexity index is 593. The third-order valence-electron chi connectivity index (χ3n) is 4.10. The van der Waals surface area contributed by atoms with Crippen LogP contribution in [0.3, 0.4) is 0 Å². The highest BCUT2D eigenvalue weighted by Crippen LogP contribution is 2.40. The van der Waals surface area contributed by atoms with E-state index in [9.17, 15) is 26.7 Å². The molecular weight excluding hydrogens is 343 g/mol. The molecule has 0 fully saturated rings. The second kappa shape index (κ2) is 8.01. The van der Waals surface area contributed by atoms with Crippen molar-refractivity contribution in [2.45, 2.75) is 39.8 Å². The lowest BCUT2D eigenvalue weighted by Crippen LogP contribution is -2.44. The van der Waals surface area contributed by atoms with Crippen LogP contribution in [-0.4, -0.2) is 44.1 Å². The fourth-order valence-corrected chi connectivity index (χ4v) is 2.63. The monoisotopic (exact) mass is 366 g/mol. The van der Waals surface area contributed by atoms with Crippen LogP contribution >= 0.6 is 0 Å². The minimum atomic E-state index is -5.93. The molecule has 0 spiro atoms. The number of carbonyl (C=O) groups is 1. The van der Waals surface area contributed by atoms with Gasteiger partial charge in [-0.2, -0.15) is 22.0 Å². The van der Waals surface area contributed by atoms with Crippen LogP contribution in [0.1, 0.15) is 38.1 Å². The first kappa shape index (κ1) is 21.2. The van der Waals surface area contributed by atoms with Crippen molar-refractivity contribution < 1.29 is 26.7 Å². The Morgan fingerprint density at radius 2 is 1.36 bits per heavy atom. The van der Waals surface area contributed by atoms with Gasteiger partial charge >= 0.3 is 12.1 Å². The number of ketones is 1. The van der Waals surface area contributed by atoms with E-state index in [1.54, 1.807) is 29.7 Å². The largest absolute Gasteiger partial charge is 0.461 e. The van der Waals surface area contributed by atoms with E-state index in [2.05, 4.69) is 0 Å². The summed E-state index contributed by atoms with van der Waals surface area (Å²) in [5, 5.41) is 0. The minimum absolute atomic E-state index is 0.0785. The van der Waals surface area contributed by atoms with Crippen LogP contribution in [0.15, 0.2) is 18.2 Å². The van der Waals surface area contributed by atoms with Gasteiger partial charge in [-0.1, -0.05) is 0 Å². The maximum Gasteiger partial charge on any atom is 0.461 e. The molecule has 3 nitrogen and oxygen atoms in total. The summed E-state index contributed by atoms with van der Waals surface area (Å²) in [6, 6.07) is 4.19. The van der Waals surface area contributed by atoms with Crippen molar-refractivity contribution in [1.29, 1.82) is 0 Å². The summed E-state index contributed by atoms with van der Waals surface area (Å²) in [5.74, 6) is -7.66. The standard InChI is InChI=1S/C17H23F5N2O/c1-5-23(6-2)12-9-10-14(24(7-3)8-4)13(11-12)15(25)16(18,19)17(20,21)22/h9-11H,5-8H2,1-4H3. The van der Waals surface area contributed by atoms with Crippen LogP contribution in [-0.2, 0) is 0 Å². The molecule has 1 rings (SSSR count). The summed E-state index contributed by atoms with van der Waals surface area (Å²) in [5.41, 5.74) is -0.104. The number of anilines is 2. The van der Waals surface area contributed by atoms with Crippen molar-refractivity contribution in [2.75, 3.05) is 36.0 Å². The lowest BCUT2D eigenvalue weighted by molar-refractivity contribution is -0.255. The summed E-state index contributed by atoms with van der Waals surface area (Å²) >= 11 is 0. The van der Waals surface area contributed by atoms with Crippen LogP contribution < -0.4 is 9.80 Å². The van der Waals surface area contributed by atoms with E-state index in [-0.39, 0.29) is 5.69 Å². The van der Waals surface area contributed by atoms with E-state index in [0.717, 1.165) is 6.07 Å². The van der Waals surface area contributed by atoms with Gasteiger partial charge in [0.2, 0.25) is 5.78 Å². The fourth-order valence-electron chi connectivity index (χ4n) is 2.63. The molecule has 0 aliphatic heterocycles. The number of nitrogens with zero attached hydrogens (tertiary/aromatic N) is 2. The zero-order valence-corrected chi connectivity index (χ0v) is 14.8. The summed E-state index contributed by atoms with van der Waals surface area (Å²) < 4.78 is 65.3. The van der Waals surface area contributed by atoms with Crippen molar-refractivity contribution in [2.24, 2.45) is 0 Å². The molecule has 25 heavy (non-hydrogen) atoms. The highest BCUT2D eigenvalue weighted by atomic mass is 19.4. The molecule has 0 radical (unpaired) electrons. The summed E-state index contributed by atoms with van der Waals surface area (Å²) in [4.78, 5) is 15.5. The van der Waals surface area contributed by atoms with E-state index < -0.39 is 23.4 Å². The van der Waals surface area contributed by atoms with Gasteiger partial charge in [0.25, 0.3) is 0 Å². The van der Waals surface area contributed by atoms with E-state index >= 15 is 0 Å². The molecule has 0 bridgehead atoms. The Morgan fingerprint density at radius 3 is 1.76 bits per heavy atom. The SMILES string of the molecule is CCN(CC)c1ccc(N(CC)CC)c(C(=O)C(F)(F)C(F)(F)F)c1. The summed E-state index contributed by atoms with van der Waals surface area (Å²) in [6.07, 6.45) is -5.93. The average Bonchev–Trinajstić information content (AvgIpc) is 2.56. The lowest BCUT2D eigenvalue weighted by atomic mass is 10.0. The molecule has 0 unspecified atom stereocenters. The summed E-state index contributed by atoms with van der Waals surface area (Å²) in [6.45, 7) is 8.93. The van der Waals surface area contributed by atoms with E-state index in [4.69, 9.17) is 0 Å². The van der Waals surface area contributed by atoms with Crippen LogP contribution in [0.25, 0.3) is 0 Å². The second-order valence-corrected chi connectivity index (χ2v) is 5.45. The first-order valence-electron chi connectivity index (χ1n) is 8.18. The van der Waals surface area contributed by atoms with Crippen molar-refractivity contribution in [3.05, 3.63) is 23.8 Å². The molecule has 0 heterocycles. The number of benzene rings is 1. The number of Topliss-reactive ketones (excluding diaryl/α,β-unsaturated/α-hetero) is 1. The number of alkyl halides is 5. The third-order valence-corrected chi connectivity index (χ3v) is 4.10. The molecule has 0 atom stereocenters. The predicted molar refractivity (Wildman–Crippen MR) is 88.9 cm³/mol. The molecule has 1 aromatic carbocycles. The Morgan fingerprint density at radius 1 is 0.880 bits per heavy atom. The molecule has 0 aliphatic carbocycles. The smallest absolute Gasteiger partial charge is 0.372 e. The Hall–Kier alpha value is -1.86. The number of halogens is 5. The Balaban J connectivity index is 3.56. The van der Waals surface area contributed by atoms with Crippen LogP contribution in [0.5, 0.6) is 0 Å². The number of hydrogen-bond acceptors (Lipinski definition) is 3. The average molecular weight is 366 g/mol. The van der Waals surface area contributed by atoms with E-state index in [0.29, 0.717) is 31.9 Å². The molecule has 0 N–H and O–H groups in total. The first-order chi connectivity index (χ1) is 11.5. The first-order valence-corrected chi connectivity index (χ1v) is 8.18. The molecule has 0 amide bonds. The van der Waals surface area contributed by atoms with Gasteiger partial charge in [-0.15, -0.1) is 0 Å². The summed E-state index contributed by atoms with van der Waals surface area (Å²) in [7, 11) is 0. The quantitative estimate of drug-likeness (QED) is 0.490. The molecule has 0 aromatic heterocycles. The minimum Gasteiger partial charge on any atom is -0.372 e. The molecule has 8 heteroatoms. The number of rotatable bonds is 8. The van der Waals surface area contributed by atoms with Gasteiger partial charge in [0.05, 0.1) is 0 Å². The van der Waals surface area contributed by atoms with Crippen molar-refractivity contribution in [3.8, 4) is 0 Å². The van der Waals surface area contributed by atoms with Crippen LogP contribution in [0, 0.1) is 0 Å². The topological polar surface area (TPSA) is 23.6 Å². The van der Waals surface area contributed by atoms with Crippen LogP contribution in [0.4, 0.5) is 33.3 Å². The predicted octanol–water partition coefficient (Wildman–Crippen LogP) is 4.76. The van der Waals surface area contributed by atoms with Gasteiger partial charge in [0.15, 0.2) is 0 Å². The molecule has 0 saturated carbocycles. The number of hydrogen-bond donors (Lipinski definition) is 0. The van der Waals surface area contributed by atoms with Crippen molar-refractivity contribution in [3.63, 3.8) is 0 Å². The second-order valence-electron chi connectivity index (χ2n) is 5.45. The molecular formula is C17H23F5N2O. The molecule has 0 saturated heterocycles. The van der Waals surface area contributed by atoms with Gasteiger partial charge in [-0.25, -0.2) is 0 Å². The zero-order valence-electron chi connectivity index (χ0n) is 14.8. The zero-order chi connectivity index (χ0) is 19.4. The van der Waals surface area contributed by atoms with Crippen molar-refractivity contribution >= 4 is 17.2 Å². The van der Waals surface area contributed by atoms with E-state index in [1.165, 1.54) is 6.07 Å². The third kappa shape index (κ3) is 4.22. The fraction of sp³-hybridized carbons (Fsp3) is 0.588. The Labute approximate surface area is 144 Å². The highest BCUT2D eigenvalue weighted by molar-refractivity contribution is 6.07. The van der Waals surface area contributed by atoms with Gasteiger partial charge in [0, 0.05) is 43.1 Å².